The summed E-state index contributed by atoms with van der Waals surface area (Å²) in [6.45, 7) is 3.78. The molecule has 0 aliphatic carbocycles. The number of ether oxygens (including phenoxy) is 1. The van der Waals surface area contributed by atoms with Gasteiger partial charge in [0.2, 0.25) is 0 Å². The molecule has 0 spiro atoms. The molecule has 0 aromatic heterocycles. The minimum atomic E-state index is -0.0915. The fourth-order valence-electron chi connectivity index (χ4n) is 2.50. The second-order valence-electron chi connectivity index (χ2n) is 6.10. The van der Waals surface area contributed by atoms with Crippen LogP contribution in [0.25, 0.3) is 0 Å². The molecular formula is C20H36O4. The van der Waals surface area contributed by atoms with Crippen LogP contribution in [0.4, 0.5) is 0 Å². The highest BCUT2D eigenvalue weighted by Gasteiger charge is 1.98. The third-order valence-corrected chi connectivity index (χ3v) is 3.92. The molecule has 0 unspecified atom stereocenters. The predicted octanol–water partition coefficient (Wildman–Crippen LogP) is 5.88. The highest BCUT2D eigenvalue weighted by atomic mass is 17.2. The lowest BCUT2D eigenvalue weighted by atomic mass is 10.1. The molecule has 0 N–H and O–H groups in total. The summed E-state index contributed by atoms with van der Waals surface area (Å²) in [7, 11) is 2.95. The van der Waals surface area contributed by atoms with Gasteiger partial charge < -0.3 is 9.62 Å². The summed E-state index contributed by atoms with van der Waals surface area (Å²) >= 11 is 0. The number of rotatable bonds is 17. The van der Waals surface area contributed by atoms with Crippen LogP contribution in [0.5, 0.6) is 0 Å². The summed E-state index contributed by atoms with van der Waals surface area (Å²) in [6.07, 6.45) is 19.0. The van der Waals surface area contributed by atoms with Gasteiger partial charge in [0.15, 0.2) is 0 Å². The van der Waals surface area contributed by atoms with E-state index in [9.17, 15) is 4.79 Å². The smallest absolute Gasteiger partial charge is 0.305 e. The van der Waals surface area contributed by atoms with Crippen molar-refractivity contribution < 1.29 is 19.3 Å². The zero-order chi connectivity index (χ0) is 17.9. The first-order valence-electron chi connectivity index (χ1n) is 9.31. The van der Waals surface area contributed by atoms with E-state index in [0.29, 0.717) is 12.2 Å². The molecule has 0 amide bonds. The molecule has 0 radical (unpaired) electrons. The first-order chi connectivity index (χ1) is 11.7. The highest BCUT2D eigenvalue weighted by Crippen LogP contribution is 2.12. The van der Waals surface area contributed by atoms with Gasteiger partial charge in [-0.3, -0.25) is 4.79 Å². The second-order valence-corrected chi connectivity index (χ2v) is 6.10. The Hall–Kier alpha value is -1.29. The average molecular weight is 341 g/mol. The van der Waals surface area contributed by atoms with Gasteiger partial charge in [-0.25, -0.2) is 0 Å². The molecule has 0 aliphatic rings. The summed E-state index contributed by atoms with van der Waals surface area (Å²) in [4.78, 5) is 20.3. The second kappa shape index (κ2) is 18.1. The van der Waals surface area contributed by atoms with Crippen molar-refractivity contribution in [3.05, 3.63) is 24.5 Å². The predicted molar refractivity (Wildman–Crippen MR) is 98.4 cm³/mol. The van der Waals surface area contributed by atoms with Gasteiger partial charge in [-0.1, -0.05) is 50.8 Å². The van der Waals surface area contributed by atoms with E-state index in [1.54, 1.807) is 0 Å². The van der Waals surface area contributed by atoms with Gasteiger partial charge in [-0.05, 0) is 38.5 Å². The first-order valence-corrected chi connectivity index (χ1v) is 9.31. The van der Waals surface area contributed by atoms with Gasteiger partial charge in [-0.15, -0.1) is 0 Å². The monoisotopic (exact) mass is 340 g/mol. The molecule has 4 heteroatoms. The van der Waals surface area contributed by atoms with E-state index in [1.165, 1.54) is 65.6 Å². The van der Waals surface area contributed by atoms with Crippen LogP contribution in [-0.2, 0) is 19.3 Å². The topological polar surface area (TPSA) is 44.8 Å². The summed E-state index contributed by atoms with van der Waals surface area (Å²) in [6, 6.07) is 0. The lowest BCUT2D eigenvalue weighted by Crippen LogP contribution is -1.98. The number of methoxy groups -OCH3 is 1. The third-order valence-electron chi connectivity index (χ3n) is 3.92. The van der Waals surface area contributed by atoms with Gasteiger partial charge in [0.05, 0.1) is 14.2 Å². The highest BCUT2D eigenvalue weighted by molar-refractivity contribution is 5.68. The third kappa shape index (κ3) is 17.1. The maximum Gasteiger partial charge on any atom is 0.305 e. The Morgan fingerprint density at radius 2 is 1.29 bits per heavy atom. The van der Waals surface area contributed by atoms with E-state index in [0.717, 1.165) is 25.7 Å². The van der Waals surface area contributed by atoms with Crippen LogP contribution in [0.15, 0.2) is 24.5 Å². The van der Waals surface area contributed by atoms with Gasteiger partial charge in [0, 0.05) is 12.8 Å². The Morgan fingerprint density at radius 3 is 1.83 bits per heavy atom. The SMILES string of the molecule is C=C(CCCCCC/C=C/CCCCCCCC(=O)OC)OOC. The van der Waals surface area contributed by atoms with Crippen LogP contribution in [0.2, 0.25) is 0 Å². The molecule has 0 aliphatic heterocycles. The lowest BCUT2D eigenvalue weighted by Gasteiger charge is -2.03. The van der Waals surface area contributed by atoms with E-state index in [1.807, 2.05) is 0 Å². The number of hydrogen-bond acceptors (Lipinski definition) is 4. The molecular weight excluding hydrogens is 304 g/mol. The molecule has 0 saturated heterocycles. The van der Waals surface area contributed by atoms with Crippen LogP contribution < -0.4 is 0 Å². The van der Waals surface area contributed by atoms with E-state index in [4.69, 9.17) is 4.89 Å². The van der Waals surface area contributed by atoms with E-state index < -0.39 is 0 Å². The molecule has 0 fully saturated rings. The summed E-state index contributed by atoms with van der Waals surface area (Å²) in [5, 5.41) is 0. The largest absolute Gasteiger partial charge is 0.469 e. The van der Waals surface area contributed by atoms with Crippen molar-refractivity contribution in [1.29, 1.82) is 0 Å². The maximum absolute atomic E-state index is 10.9. The van der Waals surface area contributed by atoms with Crippen LogP contribution >= 0.6 is 0 Å². The molecule has 4 nitrogen and oxygen atoms in total. The molecule has 0 bridgehead atoms. The minimum absolute atomic E-state index is 0.0915. The Balaban J connectivity index is 3.19. The van der Waals surface area contributed by atoms with Gasteiger partial charge in [0.25, 0.3) is 0 Å². The molecule has 0 heterocycles. The van der Waals surface area contributed by atoms with E-state index in [-0.39, 0.29) is 5.97 Å². The lowest BCUT2D eigenvalue weighted by molar-refractivity contribution is -0.239. The average Bonchev–Trinajstić information content (AvgIpc) is 2.58. The van der Waals surface area contributed by atoms with Crippen molar-refractivity contribution >= 4 is 5.97 Å². The fraction of sp³-hybridized carbons (Fsp3) is 0.750. The zero-order valence-electron chi connectivity index (χ0n) is 15.7. The molecule has 0 aromatic rings. The summed E-state index contributed by atoms with van der Waals surface area (Å²) in [5.41, 5.74) is 0. The molecule has 0 saturated carbocycles. The standard InChI is InChI=1S/C20H36O4/c1-19(24-23-3)17-15-13-11-9-7-5-4-6-8-10-12-14-16-18-20(21)22-2/h4-5H,1,6-18H2,2-3H3/b5-4+. The Bertz CT molecular complexity index is 337. The Kier molecular flexibility index (Phi) is 17.1. The Morgan fingerprint density at radius 1 is 0.792 bits per heavy atom. The molecule has 140 valence electrons. The molecule has 0 atom stereocenters. The maximum atomic E-state index is 10.9. The number of esters is 1. The molecule has 0 aromatic carbocycles. The van der Waals surface area contributed by atoms with Crippen LogP contribution in [0, 0.1) is 0 Å². The van der Waals surface area contributed by atoms with Crippen molar-refractivity contribution in [2.75, 3.05) is 14.2 Å². The van der Waals surface area contributed by atoms with Crippen LogP contribution in [-0.4, -0.2) is 20.2 Å². The molecule has 0 rings (SSSR count). The quantitative estimate of drug-likeness (QED) is 0.0828. The van der Waals surface area contributed by atoms with Crippen molar-refractivity contribution in [3.63, 3.8) is 0 Å². The number of carbonyl (C=O) groups excluding carboxylic acids is 1. The van der Waals surface area contributed by atoms with E-state index >= 15 is 0 Å². The number of hydrogen-bond donors (Lipinski definition) is 0. The van der Waals surface area contributed by atoms with Crippen LogP contribution in [0.1, 0.15) is 83.5 Å². The van der Waals surface area contributed by atoms with Gasteiger partial charge in [-0.2, -0.15) is 4.89 Å². The molecule has 24 heavy (non-hydrogen) atoms. The number of carbonyl (C=O) groups is 1. The van der Waals surface area contributed by atoms with Crippen molar-refractivity contribution in [2.24, 2.45) is 0 Å². The van der Waals surface area contributed by atoms with Crippen molar-refractivity contribution in [2.45, 2.75) is 83.5 Å². The van der Waals surface area contributed by atoms with Crippen molar-refractivity contribution in [3.8, 4) is 0 Å². The zero-order valence-corrected chi connectivity index (χ0v) is 15.7. The van der Waals surface area contributed by atoms with Gasteiger partial charge in [0.1, 0.15) is 5.76 Å². The number of unbranched alkanes of at least 4 members (excludes halogenated alkanes) is 9. The Labute approximate surface area is 148 Å². The first kappa shape index (κ1) is 22.7. The summed E-state index contributed by atoms with van der Waals surface area (Å²) < 4.78 is 4.62. The van der Waals surface area contributed by atoms with E-state index in [2.05, 4.69) is 28.4 Å². The minimum Gasteiger partial charge on any atom is -0.469 e. The summed E-state index contributed by atoms with van der Waals surface area (Å²) in [5.74, 6) is 0.619. The van der Waals surface area contributed by atoms with Crippen LogP contribution in [0.3, 0.4) is 0 Å². The fourth-order valence-corrected chi connectivity index (χ4v) is 2.50. The van der Waals surface area contributed by atoms with Crippen molar-refractivity contribution in [1.82, 2.24) is 0 Å². The number of allylic oxidation sites excluding steroid dienone is 3. The normalized spacial score (nSPS) is 10.9. The van der Waals surface area contributed by atoms with Gasteiger partial charge >= 0.3 is 5.97 Å².